The van der Waals surface area contributed by atoms with E-state index in [4.69, 9.17) is 20.8 Å². The summed E-state index contributed by atoms with van der Waals surface area (Å²) in [6.45, 7) is 3.96. The van der Waals surface area contributed by atoms with Crippen molar-refractivity contribution >= 4 is 17.6 Å². The summed E-state index contributed by atoms with van der Waals surface area (Å²) in [6, 6.07) is 7.08. The largest absolute Gasteiger partial charge is 0.461 e. The van der Waals surface area contributed by atoms with Crippen LogP contribution in [0.5, 0.6) is 0 Å². The van der Waals surface area contributed by atoms with E-state index in [1.54, 1.807) is 31.2 Å². The fourth-order valence-electron chi connectivity index (χ4n) is 1.67. The zero-order valence-electron chi connectivity index (χ0n) is 10.8. The molecule has 4 nitrogen and oxygen atoms in total. The molecule has 0 spiro atoms. The lowest BCUT2D eigenvalue weighted by molar-refractivity contribution is 0.0518. The Morgan fingerprint density at radius 2 is 2.00 bits per heavy atom. The standard InChI is InChI=1S/C14H14ClNO3/c1-3-11-12(14(17)18-4-2)16-13(19-11)9-5-7-10(15)8-6-9/h5-8H,3-4H2,1-2H3. The highest BCUT2D eigenvalue weighted by Crippen LogP contribution is 2.24. The molecule has 0 unspecified atom stereocenters. The number of carbonyl (C=O) groups excluding carboxylic acids is 1. The second kappa shape index (κ2) is 5.89. The fraction of sp³-hybridized carbons (Fsp3) is 0.286. The topological polar surface area (TPSA) is 52.3 Å². The van der Waals surface area contributed by atoms with E-state index in [2.05, 4.69) is 4.98 Å². The monoisotopic (exact) mass is 279 g/mol. The molecular formula is C14H14ClNO3. The Hall–Kier alpha value is -1.81. The molecule has 0 radical (unpaired) electrons. The van der Waals surface area contributed by atoms with E-state index in [1.807, 2.05) is 6.92 Å². The van der Waals surface area contributed by atoms with Gasteiger partial charge < -0.3 is 9.15 Å². The molecule has 1 aromatic heterocycles. The first-order valence-electron chi connectivity index (χ1n) is 6.08. The van der Waals surface area contributed by atoms with E-state index in [1.165, 1.54) is 0 Å². The quantitative estimate of drug-likeness (QED) is 0.800. The van der Waals surface area contributed by atoms with Crippen LogP contribution >= 0.6 is 11.6 Å². The van der Waals surface area contributed by atoms with Crippen LogP contribution in [0.25, 0.3) is 11.5 Å². The van der Waals surface area contributed by atoms with Gasteiger partial charge in [-0.25, -0.2) is 9.78 Å². The Labute approximate surface area is 116 Å². The van der Waals surface area contributed by atoms with E-state index < -0.39 is 5.97 Å². The van der Waals surface area contributed by atoms with Crippen LogP contribution in [0.4, 0.5) is 0 Å². The molecule has 0 N–H and O–H groups in total. The molecule has 0 aliphatic carbocycles. The van der Waals surface area contributed by atoms with Crippen molar-refractivity contribution in [3.8, 4) is 11.5 Å². The van der Waals surface area contributed by atoms with Crippen molar-refractivity contribution in [2.45, 2.75) is 20.3 Å². The molecular weight excluding hydrogens is 266 g/mol. The number of hydrogen-bond donors (Lipinski definition) is 0. The molecule has 0 saturated carbocycles. The molecule has 19 heavy (non-hydrogen) atoms. The van der Waals surface area contributed by atoms with Crippen molar-refractivity contribution in [3.63, 3.8) is 0 Å². The van der Waals surface area contributed by atoms with Crippen molar-refractivity contribution < 1.29 is 13.9 Å². The van der Waals surface area contributed by atoms with Crippen LogP contribution in [0, 0.1) is 0 Å². The number of esters is 1. The number of rotatable bonds is 4. The molecule has 100 valence electrons. The molecule has 0 bridgehead atoms. The Bertz CT molecular complexity index is 575. The van der Waals surface area contributed by atoms with Crippen LogP contribution < -0.4 is 0 Å². The average molecular weight is 280 g/mol. The van der Waals surface area contributed by atoms with E-state index in [-0.39, 0.29) is 5.69 Å². The fourth-order valence-corrected chi connectivity index (χ4v) is 1.79. The summed E-state index contributed by atoms with van der Waals surface area (Å²) < 4.78 is 10.6. The summed E-state index contributed by atoms with van der Waals surface area (Å²) in [6.07, 6.45) is 0.578. The summed E-state index contributed by atoms with van der Waals surface area (Å²) in [5, 5.41) is 0.636. The second-order valence-corrected chi connectivity index (χ2v) is 4.31. The number of ether oxygens (including phenoxy) is 1. The highest BCUT2D eigenvalue weighted by molar-refractivity contribution is 6.30. The Kier molecular flexibility index (Phi) is 4.22. The van der Waals surface area contributed by atoms with E-state index in [0.717, 1.165) is 5.56 Å². The number of carbonyl (C=O) groups is 1. The van der Waals surface area contributed by atoms with Crippen molar-refractivity contribution in [1.82, 2.24) is 4.98 Å². The molecule has 0 atom stereocenters. The lowest BCUT2D eigenvalue weighted by Gasteiger charge is -1.97. The third-order valence-electron chi connectivity index (χ3n) is 2.58. The minimum Gasteiger partial charge on any atom is -0.461 e. The lowest BCUT2D eigenvalue weighted by Crippen LogP contribution is -2.07. The van der Waals surface area contributed by atoms with Gasteiger partial charge in [0.1, 0.15) is 5.76 Å². The second-order valence-electron chi connectivity index (χ2n) is 3.87. The summed E-state index contributed by atoms with van der Waals surface area (Å²) in [5.41, 5.74) is 1.02. The van der Waals surface area contributed by atoms with Gasteiger partial charge in [-0.3, -0.25) is 0 Å². The van der Waals surface area contributed by atoms with Crippen molar-refractivity contribution in [3.05, 3.63) is 40.7 Å². The zero-order chi connectivity index (χ0) is 13.8. The van der Waals surface area contributed by atoms with Crippen LogP contribution in [0.1, 0.15) is 30.1 Å². The number of benzene rings is 1. The molecule has 2 rings (SSSR count). The van der Waals surface area contributed by atoms with Crippen molar-refractivity contribution in [1.29, 1.82) is 0 Å². The number of aromatic nitrogens is 1. The molecule has 5 heteroatoms. The van der Waals surface area contributed by atoms with Gasteiger partial charge in [-0.15, -0.1) is 0 Å². The van der Waals surface area contributed by atoms with Gasteiger partial charge in [0, 0.05) is 17.0 Å². The first-order chi connectivity index (χ1) is 9.15. The van der Waals surface area contributed by atoms with Crippen LogP contribution in [-0.4, -0.2) is 17.6 Å². The first kappa shape index (κ1) is 13.6. The Balaban J connectivity index is 2.38. The van der Waals surface area contributed by atoms with Crippen molar-refractivity contribution in [2.24, 2.45) is 0 Å². The minimum atomic E-state index is -0.455. The number of aryl methyl sites for hydroxylation is 1. The first-order valence-corrected chi connectivity index (χ1v) is 6.46. The average Bonchev–Trinajstić information content (AvgIpc) is 2.84. The minimum absolute atomic E-state index is 0.245. The van der Waals surface area contributed by atoms with Gasteiger partial charge in [0.05, 0.1) is 6.61 Å². The van der Waals surface area contributed by atoms with E-state index in [9.17, 15) is 4.79 Å². The van der Waals surface area contributed by atoms with Gasteiger partial charge >= 0.3 is 5.97 Å². The third kappa shape index (κ3) is 2.96. The third-order valence-corrected chi connectivity index (χ3v) is 2.83. The maximum Gasteiger partial charge on any atom is 0.360 e. The molecule has 1 heterocycles. The van der Waals surface area contributed by atoms with E-state index >= 15 is 0 Å². The Morgan fingerprint density at radius 3 is 2.58 bits per heavy atom. The van der Waals surface area contributed by atoms with Crippen LogP contribution in [0.2, 0.25) is 5.02 Å². The molecule has 0 amide bonds. The maximum absolute atomic E-state index is 11.8. The predicted molar refractivity (Wildman–Crippen MR) is 72.3 cm³/mol. The highest BCUT2D eigenvalue weighted by Gasteiger charge is 2.20. The maximum atomic E-state index is 11.8. The number of oxazole rings is 1. The van der Waals surface area contributed by atoms with E-state index in [0.29, 0.717) is 29.7 Å². The summed E-state index contributed by atoms with van der Waals surface area (Å²) in [7, 11) is 0. The van der Waals surface area contributed by atoms with Crippen LogP contribution in [0.3, 0.4) is 0 Å². The molecule has 1 aromatic carbocycles. The van der Waals surface area contributed by atoms with Crippen LogP contribution in [-0.2, 0) is 11.2 Å². The van der Waals surface area contributed by atoms with Gasteiger partial charge in [-0.1, -0.05) is 18.5 Å². The van der Waals surface area contributed by atoms with Crippen molar-refractivity contribution in [2.75, 3.05) is 6.61 Å². The summed E-state index contributed by atoms with van der Waals surface area (Å²) in [5.74, 6) is 0.475. The number of nitrogens with zero attached hydrogens (tertiary/aromatic N) is 1. The SMILES string of the molecule is CCOC(=O)c1nc(-c2ccc(Cl)cc2)oc1CC. The Morgan fingerprint density at radius 1 is 1.32 bits per heavy atom. The predicted octanol–water partition coefficient (Wildman–Crippen LogP) is 3.73. The number of halogens is 1. The molecule has 0 fully saturated rings. The van der Waals surface area contributed by atoms with Gasteiger partial charge in [-0.05, 0) is 31.2 Å². The molecule has 0 aliphatic rings. The van der Waals surface area contributed by atoms with Gasteiger partial charge in [0.15, 0.2) is 5.69 Å². The normalized spacial score (nSPS) is 10.5. The zero-order valence-corrected chi connectivity index (χ0v) is 11.5. The summed E-state index contributed by atoms with van der Waals surface area (Å²) in [4.78, 5) is 16.0. The molecule has 0 aliphatic heterocycles. The highest BCUT2D eigenvalue weighted by atomic mass is 35.5. The smallest absolute Gasteiger partial charge is 0.360 e. The van der Waals surface area contributed by atoms with Gasteiger partial charge in [0.25, 0.3) is 0 Å². The summed E-state index contributed by atoms with van der Waals surface area (Å²) >= 11 is 5.83. The molecule has 2 aromatic rings. The number of hydrogen-bond acceptors (Lipinski definition) is 4. The lowest BCUT2D eigenvalue weighted by atomic mass is 10.2. The van der Waals surface area contributed by atoms with Crippen LogP contribution in [0.15, 0.2) is 28.7 Å². The molecule has 0 saturated heterocycles. The van der Waals surface area contributed by atoms with Gasteiger partial charge in [-0.2, -0.15) is 0 Å². The van der Waals surface area contributed by atoms with Gasteiger partial charge in [0.2, 0.25) is 5.89 Å².